The highest BCUT2D eigenvalue weighted by molar-refractivity contribution is 14.1. The summed E-state index contributed by atoms with van der Waals surface area (Å²) in [6, 6.07) is 3.30. The lowest BCUT2D eigenvalue weighted by Gasteiger charge is -2.04. The van der Waals surface area contributed by atoms with Gasteiger partial charge in [0, 0.05) is 14.3 Å². The van der Waals surface area contributed by atoms with E-state index in [0.717, 1.165) is 3.57 Å². The molecule has 1 aromatic carbocycles. The maximum absolute atomic E-state index is 11.1. The number of halogens is 2. The first kappa shape index (κ1) is 9.80. The lowest BCUT2D eigenvalue weighted by atomic mass is 10.1. The van der Waals surface area contributed by atoms with Gasteiger partial charge in [0.2, 0.25) is 0 Å². The van der Waals surface area contributed by atoms with Crippen LogP contribution in [0.25, 0.3) is 0 Å². The van der Waals surface area contributed by atoms with E-state index in [0.29, 0.717) is 16.3 Å². The SMILES string of the molecule is CC(=O)c1c(N)cc(Cl)cc1I. The summed E-state index contributed by atoms with van der Waals surface area (Å²) in [5, 5.41) is 0.557. The van der Waals surface area contributed by atoms with Crippen LogP contribution in [0.1, 0.15) is 17.3 Å². The van der Waals surface area contributed by atoms with Crippen LogP contribution < -0.4 is 5.73 Å². The number of hydrogen-bond donors (Lipinski definition) is 1. The molecule has 0 aliphatic carbocycles. The molecule has 0 amide bonds. The van der Waals surface area contributed by atoms with Crippen LogP contribution in [0.15, 0.2) is 12.1 Å². The molecule has 0 aliphatic heterocycles. The summed E-state index contributed by atoms with van der Waals surface area (Å²) in [6.07, 6.45) is 0. The van der Waals surface area contributed by atoms with Crippen LogP contribution in [-0.2, 0) is 0 Å². The third-order valence-corrected chi connectivity index (χ3v) is 2.51. The number of benzene rings is 1. The highest BCUT2D eigenvalue weighted by Gasteiger charge is 2.09. The van der Waals surface area contributed by atoms with E-state index in [-0.39, 0.29) is 5.78 Å². The number of anilines is 1. The Labute approximate surface area is 89.2 Å². The summed E-state index contributed by atoms with van der Waals surface area (Å²) >= 11 is 7.77. The Morgan fingerprint density at radius 3 is 2.58 bits per heavy atom. The van der Waals surface area contributed by atoms with Crippen LogP contribution in [0.5, 0.6) is 0 Å². The molecule has 0 spiro atoms. The van der Waals surface area contributed by atoms with Gasteiger partial charge in [-0.2, -0.15) is 0 Å². The normalized spacial score (nSPS) is 9.92. The van der Waals surface area contributed by atoms with E-state index < -0.39 is 0 Å². The van der Waals surface area contributed by atoms with Gasteiger partial charge in [-0.25, -0.2) is 0 Å². The number of nitrogen functional groups attached to an aromatic ring is 1. The Morgan fingerprint density at radius 2 is 2.17 bits per heavy atom. The number of rotatable bonds is 1. The topological polar surface area (TPSA) is 43.1 Å². The Kier molecular flexibility index (Phi) is 2.95. The maximum atomic E-state index is 11.1. The van der Waals surface area contributed by atoms with Gasteiger partial charge in [-0.15, -0.1) is 0 Å². The Bertz CT molecular complexity index is 315. The lowest BCUT2D eigenvalue weighted by Crippen LogP contribution is -2.02. The number of ketones is 1. The first-order valence-corrected chi connectivity index (χ1v) is 4.73. The van der Waals surface area contributed by atoms with E-state index in [1.165, 1.54) is 6.92 Å². The third kappa shape index (κ3) is 1.90. The molecule has 0 saturated heterocycles. The Balaban J connectivity index is 3.38. The summed E-state index contributed by atoms with van der Waals surface area (Å²) in [6.45, 7) is 1.49. The summed E-state index contributed by atoms with van der Waals surface area (Å²) in [7, 11) is 0. The summed E-state index contributed by atoms with van der Waals surface area (Å²) in [5.74, 6) is -0.0337. The second-order valence-electron chi connectivity index (χ2n) is 2.41. The predicted octanol–water partition coefficient (Wildman–Crippen LogP) is 2.73. The molecule has 0 radical (unpaired) electrons. The van der Waals surface area contributed by atoms with Crippen LogP contribution >= 0.6 is 34.2 Å². The number of hydrogen-bond acceptors (Lipinski definition) is 2. The van der Waals surface area contributed by atoms with Gasteiger partial charge in [0.25, 0.3) is 0 Å². The van der Waals surface area contributed by atoms with Crippen molar-refractivity contribution in [3.63, 3.8) is 0 Å². The zero-order chi connectivity index (χ0) is 9.30. The van der Waals surface area contributed by atoms with Crippen molar-refractivity contribution in [2.45, 2.75) is 6.92 Å². The molecular formula is C8H7ClINO. The number of Topliss-reactive ketones (excluding diaryl/α,β-unsaturated/α-hetero) is 1. The van der Waals surface area contributed by atoms with Gasteiger partial charge in [-0.3, -0.25) is 4.79 Å². The van der Waals surface area contributed by atoms with E-state index in [1.807, 2.05) is 22.6 Å². The minimum atomic E-state index is -0.0337. The molecule has 1 aromatic rings. The Hall–Kier alpha value is -0.290. The average molecular weight is 296 g/mol. The quantitative estimate of drug-likeness (QED) is 0.492. The zero-order valence-corrected chi connectivity index (χ0v) is 9.31. The first-order valence-electron chi connectivity index (χ1n) is 3.28. The van der Waals surface area contributed by atoms with Crippen molar-refractivity contribution in [2.24, 2.45) is 0 Å². The highest BCUT2D eigenvalue weighted by Crippen LogP contribution is 2.24. The van der Waals surface area contributed by atoms with Gasteiger partial charge in [0.05, 0.1) is 5.56 Å². The summed E-state index contributed by atoms with van der Waals surface area (Å²) in [4.78, 5) is 11.1. The van der Waals surface area contributed by atoms with Gasteiger partial charge in [0.15, 0.2) is 5.78 Å². The number of carbonyl (C=O) groups is 1. The fourth-order valence-corrected chi connectivity index (χ4v) is 2.40. The monoisotopic (exact) mass is 295 g/mol. The molecule has 0 saturated carbocycles. The maximum Gasteiger partial charge on any atom is 0.162 e. The fraction of sp³-hybridized carbons (Fsp3) is 0.125. The molecule has 2 N–H and O–H groups in total. The average Bonchev–Trinajstić information content (AvgIpc) is 1.82. The van der Waals surface area contributed by atoms with Gasteiger partial charge in [0.1, 0.15) is 0 Å². The zero-order valence-electron chi connectivity index (χ0n) is 6.40. The third-order valence-electron chi connectivity index (χ3n) is 1.44. The molecule has 0 unspecified atom stereocenters. The van der Waals surface area contributed by atoms with Crippen molar-refractivity contribution >= 4 is 45.7 Å². The largest absolute Gasteiger partial charge is 0.398 e. The van der Waals surface area contributed by atoms with Crippen molar-refractivity contribution in [2.75, 3.05) is 5.73 Å². The smallest absolute Gasteiger partial charge is 0.162 e. The van der Waals surface area contributed by atoms with Crippen LogP contribution in [-0.4, -0.2) is 5.78 Å². The van der Waals surface area contributed by atoms with Crippen LogP contribution in [0.3, 0.4) is 0 Å². The molecule has 0 atom stereocenters. The van der Waals surface area contributed by atoms with E-state index in [2.05, 4.69) is 0 Å². The van der Waals surface area contributed by atoms with Gasteiger partial charge in [-0.05, 0) is 41.6 Å². The molecule has 4 heteroatoms. The van der Waals surface area contributed by atoms with Crippen molar-refractivity contribution in [3.05, 3.63) is 26.3 Å². The molecule has 2 nitrogen and oxygen atoms in total. The van der Waals surface area contributed by atoms with Crippen molar-refractivity contribution < 1.29 is 4.79 Å². The molecular weight excluding hydrogens is 288 g/mol. The second-order valence-corrected chi connectivity index (χ2v) is 4.01. The Morgan fingerprint density at radius 1 is 1.58 bits per heavy atom. The number of carbonyl (C=O) groups excluding carboxylic acids is 1. The molecule has 0 bridgehead atoms. The standard InChI is InChI=1S/C8H7ClINO/c1-4(12)8-6(10)2-5(9)3-7(8)11/h2-3H,11H2,1H3. The molecule has 12 heavy (non-hydrogen) atoms. The van der Waals surface area contributed by atoms with Crippen molar-refractivity contribution in [3.8, 4) is 0 Å². The van der Waals surface area contributed by atoms with Crippen molar-refractivity contribution in [1.29, 1.82) is 0 Å². The van der Waals surface area contributed by atoms with E-state index >= 15 is 0 Å². The summed E-state index contributed by atoms with van der Waals surface area (Å²) in [5.41, 5.74) is 6.61. The van der Waals surface area contributed by atoms with Gasteiger partial charge >= 0.3 is 0 Å². The lowest BCUT2D eigenvalue weighted by molar-refractivity contribution is 0.101. The van der Waals surface area contributed by atoms with Crippen LogP contribution in [0.4, 0.5) is 5.69 Å². The highest BCUT2D eigenvalue weighted by atomic mass is 127. The van der Waals surface area contributed by atoms with E-state index in [4.69, 9.17) is 17.3 Å². The number of nitrogens with two attached hydrogens (primary N) is 1. The molecule has 64 valence electrons. The van der Waals surface area contributed by atoms with Crippen LogP contribution in [0.2, 0.25) is 5.02 Å². The molecule has 0 aromatic heterocycles. The fourth-order valence-electron chi connectivity index (χ4n) is 0.965. The van der Waals surface area contributed by atoms with Crippen molar-refractivity contribution in [1.82, 2.24) is 0 Å². The molecule has 0 aliphatic rings. The molecule has 0 fully saturated rings. The van der Waals surface area contributed by atoms with Crippen LogP contribution in [0, 0.1) is 3.57 Å². The summed E-state index contributed by atoms with van der Waals surface area (Å²) < 4.78 is 0.796. The second kappa shape index (κ2) is 3.62. The predicted molar refractivity (Wildman–Crippen MR) is 58.6 cm³/mol. The first-order chi connectivity index (χ1) is 5.52. The van der Waals surface area contributed by atoms with Gasteiger partial charge < -0.3 is 5.73 Å². The minimum Gasteiger partial charge on any atom is -0.398 e. The molecule has 1 rings (SSSR count). The van der Waals surface area contributed by atoms with E-state index in [1.54, 1.807) is 12.1 Å². The van der Waals surface area contributed by atoms with E-state index in [9.17, 15) is 4.79 Å². The minimum absolute atomic E-state index is 0.0337. The van der Waals surface area contributed by atoms with Gasteiger partial charge in [-0.1, -0.05) is 11.6 Å². The molecule has 0 heterocycles.